The Bertz CT molecular complexity index is 562. The summed E-state index contributed by atoms with van der Waals surface area (Å²) in [6.45, 7) is 2.18. The molecule has 0 bridgehead atoms. The van der Waals surface area contributed by atoms with Crippen LogP contribution < -0.4 is 5.32 Å². The van der Waals surface area contributed by atoms with Crippen molar-refractivity contribution in [2.45, 2.75) is 43.9 Å². The molecule has 0 heterocycles. The Hall–Kier alpha value is -1.75. The van der Waals surface area contributed by atoms with Gasteiger partial charge in [0, 0.05) is 28.3 Å². The van der Waals surface area contributed by atoms with Gasteiger partial charge in [0.15, 0.2) is 0 Å². The molecular formula is C19H25NO3S. The quantitative estimate of drug-likeness (QED) is 0.451. The lowest BCUT2D eigenvalue weighted by Gasteiger charge is -2.20. The lowest BCUT2D eigenvalue weighted by Crippen LogP contribution is -2.24. The fourth-order valence-electron chi connectivity index (χ4n) is 2.72. The zero-order valence-electron chi connectivity index (χ0n) is 14.1. The molecule has 5 heteroatoms. The first-order chi connectivity index (χ1) is 11.7. The second kappa shape index (κ2) is 10.2. The van der Waals surface area contributed by atoms with Gasteiger partial charge in [-0.05, 0) is 44.0 Å². The Kier molecular flexibility index (Phi) is 7.89. The van der Waals surface area contributed by atoms with Gasteiger partial charge in [0.2, 0.25) is 5.91 Å². The number of nitrogens with one attached hydrogen (secondary N) is 1. The molecule has 4 nitrogen and oxygen atoms in total. The Morgan fingerprint density at radius 2 is 1.92 bits per heavy atom. The van der Waals surface area contributed by atoms with E-state index in [1.807, 2.05) is 24.3 Å². The van der Waals surface area contributed by atoms with E-state index in [9.17, 15) is 9.59 Å². The van der Waals surface area contributed by atoms with E-state index in [0.717, 1.165) is 36.3 Å². The van der Waals surface area contributed by atoms with Crippen molar-refractivity contribution in [3.8, 4) is 0 Å². The number of hydrogen-bond acceptors (Lipinski definition) is 4. The van der Waals surface area contributed by atoms with Gasteiger partial charge in [0.05, 0.1) is 6.61 Å². The van der Waals surface area contributed by atoms with E-state index in [-0.39, 0.29) is 17.8 Å². The van der Waals surface area contributed by atoms with Crippen molar-refractivity contribution in [3.63, 3.8) is 0 Å². The van der Waals surface area contributed by atoms with Crippen molar-refractivity contribution in [2.75, 3.05) is 17.7 Å². The Morgan fingerprint density at radius 3 is 2.58 bits per heavy atom. The lowest BCUT2D eigenvalue weighted by atomic mass is 9.88. The van der Waals surface area contributed by atoms with E-state index in [1.54, 1.807) is 24.8 Å². The molecule has 0 spiro atoms. The Balaban J connectivity index is 1.76. The molecule has 1 fully saturated rings. The zero-order valence-corrected chi connectivity index (χ0v) is 14.9. The summed E-state index contributed by atoms with van der Waals surface area (Å²) in [5.41, 5.74) is 0.844. The summed E-state index contributed by atoms with van der Waals surface area (Å²) < 4.78 is 4.82. The van der Waals surface area contributed by atoms with Gasteiger partial charge in [-0.15, -0.1) is 11.8 Å². The van der Waals surface area contributed by atoms with Crippen LogP contribution in [0.1, 0.15) is 39.0 Å². The summed E-state index contributed by atoms with van der Waals surface area (Å²) in [6.07, 6.45) is 8.83. The molecule has 24 heavy (non-hydrogen) atoms. The Morgan fingerprint density at radius 1 is 1.21 bits per heavy atom. The number of carbonyl (C=O) groups excluding carboxylic acids is 2. The van der Waals surface area contributed by atoms with Crippen LogP contribution in [-0.4, -0.2) is 24.2 Å². The van der Waals surface area contributed by atoms with Crippen molar-refractivity contribution >= 4 is 29.3 Å². The molecule has 1 N–H and O–H groups in total. The number of amides is 1. The number of anilines is 1. The van der Waals surface area contributed by atoms with Crippen LogP contribution in [0.3, 0.4) is 0 Å². The summed E-state index contributed by atoms with van der Waals surface area (Å²) in [5.74, 6) is 0.708. The predicted octanol–water partition coefficient (Wildman–Crippen LogP) is 4.42. The molecule has 1 saturated carbocycles. The average molecular weight is 347 g/mol. The van der Waals surface area contributed by atoms with Crippen LogP contribution in [-0.2, 0) is 14.3 Å². The summed E-state index contributed by atoms with van der Waals surface area (Å²) in [7, 11) is 0. The summed E-state index contributed by atoms with van der Waals surface area (Å²) in [4.78, 5) is 24.5. The van der Waals surface area contributed by atoms with Crippen molar-refractivity contribution in [1.82, 2.24) is 0 Å². The van der Waals surface area contributed by atoms with Crippen molar-refractivity contribution in [3.05, 3.63) is 36.4 Å². The molecule has 0 aliphatic heterocycles. The third-order valence-electron chi connectivity index (χ3n) is 3.98. The predicted molar refractivity (Wildman–Crippen MR) is 98.1 cm³/mol. The third-order valence-corrected chi connectivity index (χ3v) is 4.95. The van der Waals surface area contributed by atoms with Crippen LogP contribution in [0.5, 0.6) is 0 Å². The first-order valence-corrected chi connectivity index (χ1v) is 9.54. The van der Waals surface area contributed by atoms with Crippen molar-refractivity contribution in [2.24, 2.45) is 5.92 Å². The Labute approximate surface area is 148 Å². The van der Waals surface area contributed by atoms with Gasteiger partial charge < -0.3 is 10.1 Å². The van der Waals surface area contributed by atoms with Crippen molar-refractivity contribution in [1.29, 1.82) is 0 Å². The van der Waals surface area contributed by atoms with E-state index >= 15 is 0 Å². The minimum absolute atomic E-state index is 0.146. The molecule has 1 aliphatic rings. The van der Waals surface area contributed by atoms with Crippen LogP contribution in [0.2, 0.25) is 0 Å². The topological polar surface area (TPSA) is 55.4 Å². The third kappa shape index (κ3) is 6.40. The molecule has 1 aromatic rings. The largest absolute Gasteiger partial charge is 0.463 e. The second-order valence-electron chi connectivity index (χ2n) is 5.81. The molecule has 2 rings (SSSR count). The minimum atomic E-state index is -0.307. The molecule has 1 amide bonds. The highest BCUT2D eigenvalue weighted by molar-refractivity contribution is 7.99. The number of esters is 1. The van der Waals surface area contributed by atoms with Gasteiger partial charge in [0.25, 0.3) is 0 Å². The first kappa shape index (κ1) is 18.6. The van der Waals surface area contributed by atoms with Crippen LogP contribution in [0.25, 0.3) is 0 Å². The number of thioether (sulfide) groups is 1. The van der Waals surface area contributed by atoms with Crippen LogP contribution >= 0.6 is 11.8 Å². The van der Waals surface area contributed by atoms with Crippen molar-refractivity contribution < 1.29 is 14.3 Å². The number of carbonyl (C=O) groups is 2. The molecule has 0 saturated heterocycles. The van der Waals surface area contributed by atoms with Gasteiger partial charge in [-0.25, -0.2) is 4.79 Å². The SMILES string of the molecule is CCOC(=O)/C=C/CSc1ccc(NC(=O)C2CCCCC2)cc1. The normalized spacial score (nSPS) is 15.4. The summed E-state index contributed by atoms with van der Waals surface area (Å²) >= 11 is 1.63. The maximum Gasteiger partial charge on any atom is 0.330 e. The molecule has 1 aromatic carbocycles. The van der Waals surface area contributed by atoms with Crippen LogP contribution in [0, 0.1) is 5.92 Å². The smallest absolute Gasteiger partial charge is 0.330 e. The first-order valence-electron chi connectivity index (χ1n) is 8.56. The highest BCUT2D eigenvalue weighted by Gasteiger charge is 2.20. The van der Waals surface area contributed by atoms with Gasteiger partial charge in [-0.1, -0.05) is 25.3 Å². The summed E-state index contributed by atoms with van der Waals surface area (Å²) in [6, 6.07) is 7.83. The molecular weight excluding hydrogens is 322 g/mol. The minimum Gasteiger partial charge on any atom is -0.463 e. The molecule has 0 radical (unpaired) electrons. The highest BCUT2D eigenvalue weighted by atomic mass is 32.2. The fraction of sp³-hybridized carbons (Fsp3) is 0.474. The van der Waals surface area contributed by atoms with Gasteiger partial charge >= 0.3 is 5.97 Å². The van der Waals surface area contributed by atoms with E-state index < -0.39 is 0 Å². The zero-order chi connectivity index (χ0) is 17.2. The van der Waals surface area contributed by atoms with E-state index in [4.69, 9.17) is 4.74 Å². The maximum absolute atomic E-state index is 12.2. The average Bonchev–Trinajstić information content (AvgIpc) is 2.61. The maximum atomic E-state index is 12.2. The molecule has 0 atom stereocenters. The number of ether oxygens (including phenoxy) is 1. The number of rotatable bonds is 7. The van der Waals surface area contributed by atoms with Gasteiger partial charge in [0.1, 0.15) is 0 Å². The summed E-state index contributed by atoms with van der Waals surface area (Å²) in [5, 5.41) is 3.01. The fourth-order valence-corrected chi connectivity index (χ4v) is 3.44. The molecule has 130 valence electrons. The van der Waals surface area contributed by atoms with E-state index in [1.165, 1.54) is 12.5 Å². The van der Waals surface area contributed by atoms with E-state index in [0.29, 0.717) is 12.4 Å². The monoisotopic (exact) mass is 347 g/mol. The van der Waals surface area contributed by atoms with Crippen LogP contribution in [0.4, 0.5) is 5.69 Å². The standard InChI is InChI=1S/C19H25NO3S/c1-2-23-18(21)9-6-14-24-17-12-10-16(11-13-17)20-19(22)15-7-4-3-5-8-15/h6,9-13,15H,2-5,7-8,14H2,1H3,(H,20,22)/b9-6+. The lowest BCUT2D eigenvalue weighted by molar-refractivity contribution is -0.137. The highest BCUT2D eigenvalue weighted by Crippen LogP contribution is 2.26. The second-order valence-corrected chi connectivity index (χ2v) is 6.91. The number of benzene rings is 1. The van der Waals surface area contributed by atoms with E-state index in [2.05, 4.69) is 5.32 Å². The van der Waals surface area contributed by atoms with Crippen LogP contribution in [0.15, 0.2) is 41.3 Å². The molecule has 0 unspecified atom stereocenters. The number of hydrogen-bond donors (Lipinski definition) is 1. The molecule has 0 aromatic heterocycles. The van der Waals surface area contributed by atoms with Gasteiger partial charge in [-0.2, -0.15) is 0 Å². The molecule has 1 aliphatic carbocycles. The van der Waals surface area contributed by atoms with Gasteiger partial charge in [-0.3, -0.25) is 4.79 Å².